The summed E-state index contributed by atoms with van der Waals surface area (Å²) in [6, 6.07) is 0. The van der Waals surface area contributed by atoms with Crippen molar-refractivity contribution in [2.75, 3.05) is 27.4 Å². The molecule has 3 aliphatic rings. The Balaban J connectivity index is 1.79. The summed E-state index contributed by atoms with van der Waals surface area (Å²) in [5.74, 6) is 1.38. The quantitative estimate of drug-likeness (QED) is 0.766. The number of ether oxygens (including phenoxy) is 2. The summed E-state index contributed by atoms with van der Waals surface area (Å²) in [6.45, 7) is 8.67. The van der Waals surface area contributed by atoms with Gasteiger partial charge >= 0.3 is 10.7 Å². The van der Waals surface area contributed by atoms with Gasteiger partial charge in [0.2, 0.25) is 0 Å². The van der Waals surface area contributed by atoms with Crippen molar-refractivity contribution in [1.29, 1.82) is 0 Å². The van der Waals surface area contributed by atoms with Gasteiger partial charge in [0.1, 0.15) is 12.2 Å². The molecule has 0 aromatic carbocycles. The molecule has 6 heteroatoms. The summed E-state index contributed by atoms with van der Waals surface area (Å²) in [6.07, 6.45) is 3.28. The molecule has 4 rings (SSSR count). The van der Waals surface area contributed by atoms with Crippen LogP contribution in [0.1, 0.15) is 36.8 Å². The van der Waals surface area contributed by atoms with Gasteiger partial charge in [-0.2, -0.15) is 4.58 Å². The molecular formula is C19H29N2O3S+. The maximum Gasteiger partial charge on any atom is 0.343 e. The SMILES string of the molecule is COCCn1c(C)c(C)s/c1=[N+](/C)C(=O)C12CC3CCC1(C)C3CO2. The van der Waals surface area contributed by atoms with E-state index in [4.69, 9.17) is 9.47 Å². The average Bonchev–Trinajstić information content (AvgIpc) is 3.26. The minimum Gasteiger partial charge on any atom is -0.381 e. The molecule has 4 unspecified atom stereocenters. The van der Waals surface area contributed by atoms with Gasteiger partial charge in [-0.1, -0.05) is 18.3 Å². The fourth-order valence-electron chi connectivity index (χ4n) is 5.56. The minimum atomic E-state index is -0.611. The van der Waals surface area contributed by atoms with Crippen LogP contribution in [0.25, 0.3) is 0 Å². The molecule has 4 atom stereocenters. The Morgan fingerprint density at radius 2 is 2.24 bits per heavy atom. The highest BCUT2D eigenvalue weighted by Crippen LogP contribution is 2.68. The second-order valence-electron chi connectivity index (χ2n) is 8.20. The first-order valence-corrected chi connectivity index (χ1v) is 10.1. The van der Waals surface area contributed by atoms with Crippen molar-refractivity contribution >= 4 is 17.2 Å². The largest absolute Gasteiger partial charge is 0.381 e. The normalized spacial score (nSPS) is 37.0. The van der Waals surface area contributed by atoms with Gasteiger partial charge in [-0.25, -0.2) is 9.36 Å². The second-order valence-corrected chi connectivity index (χ2v) is 9.38. The van der Waals surface area contributed by atoms with Crippen molar-refractivity contribution < 1.29 is 14.3 Å². The number of thiazole rings is 1. The Bertz CT molecular complexity index is 795. The van der Waals surface area contributed by atoms with E-state index in [1.807, 2.05) is 11.6 Å². The molecule has 3 fully saturated rings. The van der Waals surface area contributed by atoms with Gasteiger partial charge < -0.3 is 9.47 Å². The first-order valence-electron chi connectivity index (χ1n) is 9.26. The number of likely N-dealkylation sites (N-methyl/N-ethyl adjacent to an activating group) is 1. The molecule has 5 nitrogen and oxygen atoms in total. The fourth-order valence-corrected chi connectivity index (χ4v) is 6.65. The van der Waals surface area contributed by atoms with Crippen LogP contribution < -0.4 is 9.38 Å². The first kappa shape index (κ1) is 17.4. The highest BCUT2D eigenvalue weighted by atomic mass is 32.1. The molecule has 1 amide bonds. The van der Waals surface area contributed by atoms with E-state index in [-0.39, 0.29) is 11.3 Å². The molecule has 138 valence electrons. The van der Waals surface area contributed by atoms with E-state index < -0.39 is 5.60 Å². The van der Waals surface area contributed by atoms with Crippen LogP contribution in [-0.4, -0.2) is 43.4 Å². The smallest absolute Gasteiger partial charge is 0.343 e. The Hall–Kier alpha value is -0.980. The van der Waals surface area contributed by atoms with Gasteiger partial charge in [0.15, 0.2) is 5.60 Å². The van der Waals surface area contributed by atoms with Crippen LogP contribution in [0, 0.1) is 31.1 Å². The second kappa shape index (κ2) is 5.76. The summed E-state index contributed by atoms with van der Waals surface area (Å²) in [7, 11) is 3.63. The number of amides is 1. The number of nitrogens with zero attached hydrogens (tertiary/aromatic N) is 2. The van der Waals surface area contributed by atoms with Crippen LogP contribution in [0.2, 0.25) is 0 Å². The lowest BCUT2D eigenvalue weighted by atomic mass is 9.71. The minimum absolute atomic E-state index is 0.0156. The lowest BCUT2D eigenvalue weighted by Gasteiger charge is -2.37. The molecule has 0 spiro atoms. The molecule has 2 aliphatic carbocycles. The van der Waals surface area contributed by atoms with Crippen molar-refractivity contribution in [2.45, 2.75) is 52.2 Å². The highest BCUT2D eigenvalue weighted by molar-refractivity contribution is 7.09. The van der Waals surface area contributed by atoms with Crippen LogP contribution in [0.4, 0.5) is 0 Å². The summed E-state index contributed by atoms with van der Waals surface area (Å²) in [5.41, 5.74) is 0.612. The Kier molecular flexibility index (Phi) is 4.02. The Labute approximate surface area is 153 Å². The molecule has 1 aromatic rings. The molecule has 4 bridgehead atoms. The van der Waals surface area contributed by atoms with Crippen molar-refractivity contribution in [2.24, 2.45) is 17.3 Å². The van der Waals surface area contributed by atoms with E-state index in [1.54, 1.807) is 18.4 Å². The van der Waals surface area contributed by atoms with Crippen molar-refractivity contribution in [3.63, 3.8) is 0 Å². The van der Waals surface area contributed by atoms with Gasteiger partial charge in [-0.3, -0.25) is 0 Å². The first-order chi connectivity index (χ1) is 11.9. The summed E-state index contributed by atoms with van der Waals surface area (Å²) in [5, 5.41) is 0. The molecule has 1 aromatic heterocycles. The van der Waals surface area contributed by atoms with E-state index in [0.717, 1.165) is 30.8 Å². The third kappa shape index (κ3) is 2.14. The zero-order valence-corrected chi connectivity index (χ0v) is 16.7. The number of hydrogen-bond acceptors (Lipinski definition) is 4. The van der Waals surface area contributed by atoms with E-state index in [0.29, 0.717) is 18.4 Å². The predicted octanol–water partition coefficient (Wildman–Crippen LogP) is 1.95. The maximum atomic E-state index is 13.6. The molecule has 0 radical (unpaired) electrons. The lowest BCUT2D eigenvalue weighted by Crippen LogP contribution is -2.56. The van der Waals surface area contributed by atoms with Gasteiger partial charge in [0.05, 0.1) is 25.1 Å². The number of carbonyl (C=O) groups is 1. The van der Waals surface area contributed by atoms with E-state index >= 15 is 0 Å². The lowest BCUT2D eigenvalue weighted by molar-refractivity contribution is -0.157. The molecular weight excluding hydrogens is 336 g/mol. The van der Waals surface area contributed by atoms with Crippen molar-refractivity contribution in [1.82, 2.24) is 9.14 Å². The van der Waals surface area contributed by atoms with E-state index in [1.165, 1.54) is 17.0 Å². The van der Waals surface area contributed by atoms with Gasteiger partial charge in [0, 0.05) is 12.5 Å². The molecule has 2 heterocycles. The van der Waals surface area contributed by atoms with E-state index in [2.05, 4.69) is 25.3 Å². The number of carbonyl (C=O) groups excluding carboxylic acids is 1. The third-order valence-electron chi connectivity index (χ3n) is 7.25. The predicted molar refractivity (Wildman–Crippen MR) is 97.5 cm³/mol. The zero-order chi connectivity index (χ0) is 18.0. The number of hydrogen-bond donors (Lipinski definition) is 0. The molecule has 1 aliphatic heterocycles. The molecule has 0 N–H and O–H groups in total. The fraction of sp³-hybridized carbons (Fsp3) is 0.789. The Morgan fingerprint density at radius 1 is 1.48 bits per heavy atom. The van der Waals surface area contributed by atoms with Gasteiger partial charge in [-0.05, 0) is 44.9 Å². The summed E-state index contributed by atoms with van der Waals surface area (Å²) < 4.78 is 15.5. The van der Waals surface area contributed by atoms with Crippen LogP contribution in [0.5, 0.6) is 0 Å². The standard InChI is InChI=1S/C19H29N2O3S/c1-12-13(2)25-17(21(12)8-9-23-5)20(4)16(22)19-10-14-6-7-18(19,3)15(14)11-24-19/h14-15H,6-11H2,1-5H3/q+1. The Morgan fingerprint density at radius 3 is 2.88 bits per heavy atom. The van der Waals surface area contributed by atoms with Crippen molar-refractivity contribution in [3.8, 4) is 0 Å². The van der Waals surface area contributed by atoms with Gasteiger partial charge in [0.25, 0.3) is 0 Å². The van der Waals surface area contributed by atoms with Gasteiger partial charge in [-0.15, -0.1) is 0 Å². The van der Waals surface area contributed by atoms with Crippen LogP contribution in [0.3, 0.4) is 0 Å². The van der Waals surface area contributed by atoms with E-state index in [9.17, 15) is 4.79 Å². The monoisotopic (exact) mass is 365 g/mol. The number of aromatic nitrogens is 1. The van der Waals surface area contributed by atoms with Crippen molar-refractivity contribution in [3.05, 3.63) is 15.4 Å². The zero-order valence-electron chi connectivity index (χ0n) is 15.9. The average molecular weight is 366 g/mol. The molecule has 1 saturated heterocycles. The molecule has 25 heavy (non-hydrogen) atoms. The number of aryl methyl sites for hydroxylation is 1. The highest BCUT2D eigenvalue weighted by Gasteiger charge is 2.74. The maximum absolute atomic E-state index is 13.6. The van der Waals surface area contributed by atoms with Crippen LogP contribution in [0.15, 0.2) is 0 Å². The molecule has 2 saturated carbocycles. The summed E-state index contributed by atoms with van der Waals surface area (Å²) in [4.78, 5) is 15.9. The van der Waals surface area contributed by atoms with Crippen LogP contribution >= 0.6 is 11.3 Å². The topological polar surface area (TPSA) is 43.5 Å². The third-order valence-corrected chi connectivity index (χ3v) is 8.53. The number of rotatable bonds is 4. The van der Waals surface area contributed by atoms with Crippen LogP contribution in [-0.2, 0) is 20.8 Å². The summed E-state index contributed by atoms with van der Waals surface area (Å²) >= 11 is 1.69. The number of methoxy groups -OCH3 is 1.